The van der Waals surface area contributed by atoms with Gasteiger partial charge in [0.25, 0.3) is 0 Å². The summed E-state index contributed by atoms with van der Waals surface area (Å²) in [5, 5.41) is 5.17. The third-order valence-electron chi connectivity index (χ3n) is 2.94. The molecule has 3 nitrogen and oxygen atoms in total. The van der Waals surface area contributed by atoms with E-state index < -0.39 is 0 Å². The summed E-state index contributed by atoms with van der Waals surface area (Å²) in [6.07, 6.45) is 0. The molecule has 0 saturated heterocycles. The Labute approximate surface area is 130 Å². The third kappa shape index (κ3) is 2.44. The quantitative estimate of drug-likeness (QED) is 0.739. The predicted octanol–water partition coefficient (Wildman–Crippen LogP) is 4.54. The lowest BCUT2D eigenvalue weighted by Crippen LogP contribution is -2.01. The van der Waals surface area contributed by atoms with Gasteiger partial charge in [0.1, 0.15) is 5.82 Å². The lowest BCUT2D eigenvalue weighted by Gasteiger charge is -2.03. The molecular formula is C15H11BrClN3. The van der Waals surface area contributed by atoms with Gasteiger partial charge >= 0.3 is 0 Å². The number of aromatic nitrogens is 2. The molecule has 0 spiro atoms. The normalized spacial score (nSPS) is 10.7. The maximum Gasteiger partial charge on any atom is 0.127 e. The molecule has 0 bridgehead atoms. The standard InChI is InChI=1S/C15H11BrClN3/c16-10-6-7-12(13(17)8-10)14-9-15(18)20(19-14)11-4-2-1-3-5-11/h1-9H,18H2. The molecule has 0 saturated carbocycles. The SMILES string of the molecule is Nc1cc(-c2ccc(Br)cc2Cl)nn1-c1ccccc1. The van der Waals surface area contributed by atoms with Crippen molar-refractivity contribution < 1.29 is 0 Å². The molecule has 1 heterocycles. The number of benzene rings is 2. The van der Waals surface area contributed by atoms with Crippen LogP contribution in [-0.2, 0) is 0 Å². The fraction of sp³-hybridized carbons (Fsp3) is 0. The van der Waals surface area contributed by atoms with Crippen LogP contribution in [-0.4, -0.2) is 9.78 Å². The summed E-state index contributed by atoms with van der Waals surface area (Å²) in [6.45, 7) is 0. The van der Waals surface area contributed by atoms with Gasteiger partial charge in [0.2, 0.25) is 0 Å². The highest BCUT2D eigenvalue weighted by molar-refractivity contribution is 9.10. The van der Waals surface area contributed by atoms with E-state index in [0.717, 1.165) is 21.4 Å². The molecule has 0 aliphatic rings. The second kappa shape index (κ2) is 5.31. The maximum atomic E-state index is 6.25. The van der Waals surface area contributed by atoms with Crippen molar-refractivity contribution in [1.82, 2.24) is 9.78 Å². The van der Waals surface area contributed by atoms with E-state index in [4.69, 9.17) is 17.3 Å². The van der Waals surface area contributed by atoms with E-state index in [1.807, 2.05) is 54.6 Å². The fourth-order valence-corrected chi connectivity index (χ4v) is 2.77. The molecule has 3 rings (SSSR count). The second-order valence-corrected chi connectivity index (χ2v) is 5.65. The number of halogens is 2. The molecule has 0 fully saturated rings. The average Bonchev–Trinajstić information content (AvgIpc) is 2.81. The summed E-state index contributed by atoms with van der Waals surface area (Å²) in [5.41, 5.74) is 8.57. The molecule has 2 N–H and O–H groups in total. The summed E-state index contributed by atoms with van der Waals surface area (Å²) in [4.78, 5) is 0. The molecule has 0 aliphatic heterocycles. The first-order valence-electron chi connectivity index (χ1n) is 6.01. The molecule has 0 aliphatic carbocycles. The highest BCUT2D eigenvalue weighted by atomic mass is 79.9. The summed E-state index contributed by atoms with van der Waals surface area (Å²) >= 11 is 9.64. The molecular weight excluding hydrogens is 338 g/mol. The maximum absolute atomic E-state index is 6.25. The zero-order valence-corrected chi connectivity index (χ0v) is 12.8. The lowest BCUT2D eigenvalue weighted by molar-refractivity contribution is 0.895. The van der Waals surface area contributed by atoms with Crippen LogP contribution in [0.1, 0.15) is 0 Å². The topological polar surface area (TPSA) is 43.8 Å². The van der Waals surface area contributed by atoms with Crippen molar-refractivity contribution in [1.29, 1.82) is 0 Å². The van der Waals surface area contributed by atoms with Crippen molar-refractivity contribution >= 4 is 33.3 Å². The second-order valence-electron chi connectivity index (χ2n) is 4.33. The van der Waals surface area contributed by atoms with Crippen molar-refractivity contribution in [2.45, 2.75) is 0 Å². The van der Waals surface area contributed by atoms with E-state index in [-0.39, 0.29) is 0 Å². The minimum Gasteiger partial charge on any atom is -0.384 e. The van der Waals surface area contributed by atoms with Gasteiger partial charge in [0, 0.05) is 16.1 Å². The monoisotopic (exact) mass is 347 g/mol. The fourth-order valence-electron chi connectivity index (χ4n) is 2.00. The van der Waals surface area contributed by atoms with Gasteiger partial charge in [-0.05, 0) is 24.3 Å². The van der Waals surface area contributed by atoms with E-state index >= 15 is 0 Å². The van der Waals surface area contributed by atoms with Gasteiger partial charge in [0.15, 0.2) is 0 Å². The van der Waals surface area contributed by atoms with Crippen LogP contribution in [0.4, 0.5) is 5.82 Å². The van der Waals surface area contributed by atoms with Gasteiger partial charge in [-0.15, -0.1) is 0 Å². The Morgan fingerprint density at radius 3 is 2.50 bits per heavy atom. The van der Waals surface area contributed by atoms with Crippen LogP contribution in [0.5, 0.6) is 0 Å². The van der Waals surface area contributed by atoms with Gasteiger partial charge in [-0.2, -0.15) is 5.10 Å². The summed E-state index contributed by atoms with van der Waals surface area (Å²) < 4.78 is 2.63. The highest BCUT2D eigenvalue weighted by Gasteiger charge is 2.11. The Morgan fingerprint density at radius 2 is 1.80 bits per heavy atom. The van der Waals surface area contributed by atoms with E-state index in [2.05, 4.69) is 21.0 Å². The molecule has 20 heavy (non-hydrogen) atoms. The Kier molecular flexibility index (Phi) is 3.51. The molecule has 100 valence electrons. The number of nitrogens with two attached hydrogens (primary N) is 1. The van der Waals surface area contributed by atoms with Crippen LogP contribution in [0, 0.1) is 0 Å². The van der Waals surface area contributed by atoms with Gasteiger partial charge in [-0.25, -0.2) is 4.68 Å². The van der Waals surface area contributed by atoms with Crippen LogP contribution >= 0.6 is 27.5 Å². The number of nitrogen functional groups attached to an aromatic ring is 1. The number of hydrogen-bond donors (Lipinski definition) is 1. The third-order valence-corrected chi connectivity index (χ3v) is 3.75. The number of anilines is 1. The van der Waals surface area contributed by atoms with E-state index in [1.165, 1.54) is 0 Å². The first-order valence-corrected chi connectivity index (χ1v) is 7.18. The summed E-state index contributed by atoms with van der Waals surface area (Å²) in [7, 11) is 0. The zero-order valence-electron chi connectivity index (χ0n) is 10.4. The van der Waals surface area contributed by atoms with Gasteiger partial charge < -0.3 is 5.73 Å². The Morgan fingerprint density at radius 1 is 1.05 bits per heavy atom. The largest absolute Gasteiger partial charge is 0.384 e. The summed E-state index contributed by atoms with van der Waals surface area (Å²) in [5.74, 6) is 0.574. The van der Waals surface area contributed by atoms with Crippen molar-refractivity contribution in [2.24, 2.45) is 0 Å². The number of nitrogens with zero attached hydrogens (tertiary/aromatic N) is 2. The molecule has 1 aromatic heterocycles. The van der Waals surface area contributed by atoms with Crippen molar-refractivity contribution in [3.63, 3.8) is 0 Å². The van der Waals surface area contributed by atoms with Crippen molar-refractivity contribution in [3.05, 3.63) is 64.1 Å². The van der Waals surface area contributed by atoms with Crippen molar-refractivity contribution in [3.8, 4) is 16.9 Å². The highest BCUT2D eigenvalue weighted by Crippen LogP contribution is 2.31. The first kappa shape index (κ1) is 13.2. The molecule has 2 aromatic carbocycles. The molecule has 5 heteroatoms. The van der Waals surface area contributed by atoms with Crippen LogP contribution in [0.15, 0.2) is 59.1 Å². The van der Waals surface area contributed by atoms with Crippen LogP contribution in [0.25, 0.3) is 16.9 Å². The van der Waals surface area contributed by atoms with Crippen molar-refractivity contribution in [2.75, 3.05) is 5.73 Å². The number of rotatable bonds is 2. The van der Waals surface area contributed by atoms with Gasteiger partial charge in [0.05, 0.1) is 16.4 Å². The van der Waals surface area contributed by atoms with Crippen LogP contribution in [0.2, 0.25) is 5.02 Å². The van der Waals surface area contributed by atoms with E-state index in [9.17, 15) is 0 Å². The number of hydrogen-bond acceptors (Lipinski definition) is 2. The Hall–Kier alpha value is -1.78. The molecule has 0 unspecified atom stereocenters. The first-order chi connectivity index (χ1) is 9.65. The molecule has 0 atom stereocenters. The van der Waals surface area contributed by atoms with Crippen LogP contribution < -0.4 is 5.73 Å². The lowest BCUT2D eigenvalue weighted by atomic mass is 10.1. The smallest absolute Gasteiger partial charge is 0.127 e. The average molecular weight is 349 g/mol. The minimum absolute atomic E-state index is 0.574. The summed E-state index contributed by atoms with van der Waals surface area (Å²) in [6, 6.07) is 17.3. The molecule has 0 radical (unpaired) electrons. The van der Waals surface area contributed by atoms with E-state index in [1.54, 1.807) is 4.68 Å². The Balaban J connectivity index is 2.09. The predicted molar refractivity (Wildman–Crippen MR) is 86.1 cm³/mol. The van der Waals surface area contributed by atoms with Crippen LogP contribution in [0.3, 0.4) is 0 Å². The van der Waals surface area contributed by atoms with E-state index in [0.29, 0.717) is 10.8 Å². The Bertz CT molecular complexity index is 753. The van der Waals surface area contributed by atoms with Gasteiger partial charge in [-0.1, -0.05) is 51.8 Å². The minimum atomic E-state index is 0.574. The molecule has 3 aromatic rings. The zero-order chi connectivity index (χ0) is 14.1. The van der Waals surface area contributed by atoms with Gasteiger partial charge in [-0.3, -0.25) is 0 Å². The molecule has 0 amide bonds. The number of para-hydroxylation sites is 1.